The molecule has 1 aromatic carbocycles. The van der Waals surface area contributed by atoms with E-state index in [9.17, 15) is 4.79 Å². The molecule has 3 nitrogen and oxygen atoms in total. The van der Waals surface area contributed by atoms with Gasteiger partial charge in [-0.2, -0.15) is 0 Å². The molecular formula is C13H10Cl2N2O. The lowest BCUT2D eigenvalue weighted by molar-refractivity contribution is 0.102. The highest BCUT2D eigenvalue weighted by Crippen LogP contribution is 2.21. The first-order chi connectivity index (χ1) is 8.58. The molecule has 0 bridgehead atoms. The topological polar surface area (TPSA) is 42.0 Å². The van der Waals surface area contributed by atoms with Crippen LogP contribution in [-0.4, -0.2) is 10.9 Å². The summed E-state index contributed by atoms with van der Waals surface area (Å²) in [5.74, 6) is -0.237. The summed E-state index contributed by atoms with van der Waals surface area (Å²) in [5, 5.41) is 3.76. The smallest absolute Gasteiger partial charge is 0.256 e. The van der Waals surface area contributed by atoms with E-state index in [4.69, 9.17) is 23.2 Å². The highest BCUT2D eigenvalue weighted by Gasteiger charge is 2.11. The molecule has 5 heteroatoms. The van der Waals surface area contributed by atoms with Crippen molar-refractivity contribution < 1.29 is 4.79 Å². The highest BCUT2D eigenvalue weighted by atomic mass is 35.5. The SMILES string of the molecule is Cc1cc(Cl)ccc1C(=O)Nc1cnccc1Cl. The number of hydrogen-bond acceptors (Lipinski definition) is 2. The van der Waals surface area contributed by atoms with Crippen molar-refractivity contribution in [3.8, 4) is 0 Å². The van der Waals surface area contributed by atoms with Gasteiger partial charge in [-0.05, 0) is 36.8 Å². The second-order valence-corrected chi connectivity index (χ2v) is 4.61. The number of carbonyl (C=O) groups is 1. The second kappa shape index (κ2) is 5.38. The number of anilines is 1. The number of aryl methyl sites for hydroxylation is 1. The second-order valence-electron chi connectivity index (χ2n) is 3.77. The number of aromatic nitrogens is 1. The number of nitrogens with one attached hydrogen (secondary N) is 1. The molecule has 1 aromatic heterocycles. The van der Waals surface area contributed by atoms with Crippen LogP contribution in [0.1, 0.15) is 15.9 Å². The number of halogens is 2. The van der Waals surface area contributed by atoms with E-state index >= 15 is 0 Å². The van der Waals surface area contributed by atoms with Crippen LogP contribution in [0.25, 0.3) is 0 Å². The van der Waals surface area contributed by atoms with Gasteiger partial charge in [0.15, 0.2) is 0 Å². The van der Waals surface area contributed by atoms with E-state index in [2.05, 4.69) is 10.3 Å². The Morgan fingerprint density at radius 2 is 2.06 bits per heavy atom. The predicted octanol–water partition coefficient (Wildman–Crippen LogP) is 3.95. The van der Waals surface area contributed by atoms with E-state index < -0.39 is 0 Å². The maximum atomic E-state index is 12.1. The van der Waals surface area contributed by atoms with Crippen LogP contribution < -0.4 is 5.32 Å². The average Bonchev–Trinajstić information content (AvgIpc) is 2.32. The molecule has 0 aliphatic heterocycles. The van der Waals surface area contributed by atoms with Gasteiger partial charge in [-0.25, -0.2) is 0 Å². The molecule has 92 valence electrons. The largest absolute Gasteiger partial charge is 0.319 e. The number of nitrogens with zero attached hydrogens (tertiary/aromatic N) is 1. The Morgan fingerprint density at radius 3 is 2.72 bits per heavy atom. The van der Waals surface area contributed by atoms with Crippen LogP contribution >= 0.6 is 23.2 Å². The van der Waals surface area contributed by atoms with Gasteiger partial charge in [-0.3, -0.25) is 9.78 Å². The molecule has 0 saturated carbocycles. The Balaban J connectivity index is 2.25. The third-order valence-corrected chi connectivity index (χ3v) is 3.01. The van der Waals surface area contributed by atoms with Crippen LogP contribution in [0.4, 0.5) is 5.69 Å². The van der Waals surface area contributed by atoms with Gasteiger partial charge in [-0.1, -0.05) is 23.2 Å². The van der Waals surface area contributed by atoms with Gasteiger partial charge in [0.25, 0.3) is 5.91 Å². The van der Waals surface area contributed by atoms with Gasteiger partial charge in [0.05, 0.1) is 16.9 Å². The van der Waals surface area contributed by atoms with Crippen molar-refractivity contribution in [2.75, 3.05) is 5.32 Å². The zero-order valence-corrected chi connectivity index (χ0v) is 11.1. The summed E-state index contributed by atoms with van der Waals surface area (Å²) in [7, 11) is 0. The summed E-state index contributed by atoms with van der Waals surface area (Å²) in [5.41, 5.74) is 1.85. The van der Waals surface area contributed by atoms with Crippen molar-refractivity contribution in [1.29, 1.82) is 0 Å². The number of pyridine rings is 1. The molecule has 2 rings (SSSR count). The molecule has 0 radical (unpaired) electrons. The molecule has 0 spiro atoms. The van der Waals surface area contributed by atoms with Crippen molar-refractivity contribution in [2.45, 2.75) is 6.92 Å². The zero-order valence-electron chi connectivity index (χ0n) is 9.58. The maximum absolute atomic E-state index is 12.1. The van der Waals surface area contributed by atoms with Crippen LogP contribution in [0, 0.1) is 6.92 Å². The molecule has 0 aliphatic carbocycles. The molecule has 0 aliphatic rings. The van der Waals surface area contributed by atoms with Gasteiger partial charge >= 0.3 is 0 Å². The number of benzene rings is 1. The summed E-state index contributed by atoms with van der Waals surface area (Å²) in [4.78, 5) is 16.0. The van der Waals surface area contributed by atoms with Crippen molar-refractivity contribution in [3.63, 3.8) is 0 Å². The quantitative estimate of drug-likeness (QED) is 0.905. The van der Waals surface area contributed by atoms with Crippen LogP contribution in [0.2, 0.25) is 10.0 Å². The normalized spacial score (nSPS) is 10.2. The lowest BCUT2D eigenvalue weighted by atomic mass is 10.1. The fourth-order valence-electron chi connectivity index (χ4n) is 1.54. The molecule has 0 fully saturated rings. The van der Waals surface area contributed by atoms with E-state index in [1.165, 1.54) is 6.20 Å². The Kier molecular flexibility index (Phi) is 3.84. The minimum Gasteiger partial charge on any atom is -0.319 e. The first-order valence-electron chi connectivity index (χ1n) is 5.25. The highest BCUT2D eigenvalue weighted by molar-refractivity contribution is 6.34. The fraction of sp³-hybridized carbons (Fsp3) is 0.0769. The summed E-state index contributed by atoms with van der Waals surface area (Å²) in [6.07, 6.45) is 3.07. The zero-order chi connectivity index (χ0) is 13.1. The molecule has 1 amide bonds. The van der Waals surface area contributed by atoms with Crippen LogP contribution in [-0.2, 0) is 0 Å². The van der Waals surface area contributed by atoms with E-state index in [0.29, 0.717) is 21.3 Å². The van der Waals surface area contributed by atoms with Crippen LogP contribution in [0.3, 0.4) is 0 Å². The fourth-order valence-corrected chi connectivity index (χ4v) is 1.92. The molecule has 0 saturated heterocycles. The minimum absolute atomic E-state index is 0.237. The summed E-state index contributed by atoms with van der Waals surface area (Å²) in [6, 6.07) is 6.71. The molecule has 18 heavy (non-hydrogen) atoms. The van der Waals surface area contributed by atoms with Crippen molar-refractivity contribution in [2.24, 2.45) is 0 Å². The Hall–Kier alpha value is -1.58. The molecular weight excluding hydrogens is 271 g/mol. The lowest BCUT2D eigenvalue weighted by Crippen LogP contribution is -2.13. The average molecular weight is 281 g/mol. The van der Waals surface area contributed by atoms with Crippen molar-refractivity contribution >= 4 is 34.8 Å². The van der Waals surface area contributed by atoms with Gasteiger partial charge in [0, 0.05) is 16.8 Å². The maximum Gasteiger partial charge on any atom is 0.256 e. The van der Waals surface area contributed by atoms with Gasteiger partial charge in [0.2, 0.25) is 0 Å². The molecule has 1 N–H and O–H groups in total. The first kappa shape index (κ1) is 12.9. The van der Waals surface area contributed by atoms with E-state index in [1.54, 1.807) is 30.5 Å². The molecule has 0 atom stereocenters. The van der Waals surface area contributed by atoms with Crippen molar-refractivity contribution in [3.05, 3.63) is 57.8 Å². The van der Waals surface area contributed by atoms with E-state index in [0.717, 1.165) is 5.56 Å². The first-order valence-corrected chi connectivity index (χ1v) is 6.00. The monoisotopic (exact) mass is 280 g/mol. The third-order valence-electron chi connectivity index (χ3n) is 2.45. The van der Waals surface area contributed by atoms with Crippen LogP contribution in [0.5, 0.6) is 0 Å². The standard InChI is InChI=1S/C13H10Cl2N2O/c1-8-6-9(14)2-3-10(8)13(18)17-12-7-16-5-4-11(12)15/h2-7H,1H3,(H,17,18). The van der Waals surface area contributed by atoms with Gasteiger partial charge in [-0.15, -0.1) is 0 Å². The molecule has 0 unspecified atom stereocenters. The Morgan fingerprint density at radius 1 is 1.28 bits per heavy atom. The van der Waals surface area contributed by atoms with E-state index in [1.807, 2.05) is 6.92 Å². The number of rotatable bonds is 2. The van der Waals surface area contributed by atoms with Crippen LogP contribution in [0.15, 0.2) is 36.7 Å². The summed E-state index contributed by atoms with van der Waals surface area (Å²) < 4.78 is 0. The lowest BCUT2D eigenvalue weighted by Gasteiger charge is -2.08. The number of hydrogen-bond donors (Lipinski definition) is 1. The summed E-state index contributed by atoms with van der Waals surface area (Å²) in [6.45, 7) is 1.83. The Bertz CT molecular complexity index is 599. The van der Waals surface area contributed by atoms with Gasteiger partial charge in [0.1, 0.15) is 0 Å². The Labute approximate surface area is 115 Å². The number of carbonyl (C=O) groups excluding carboxylic acids is 1. The van der Waals surface area contributed by atoms with Crippen molar-refractivity contribution in [1.82, 2.24) is 4.98 Å². The van der Waals surface area contributed by atoms with E-state index in [-0.39, 0.29) is 5.91 Å². The summed E-state index contributed by atoms with van der Waals surface area (Å²) >= 11 is 11.8. The molecule has 2 aromatic rings. The third kappa shape index (κ3) is 2.81. The molecule has 1 heterocycles. The minimum atomic E-state index is -0.237. The predicted molar refractivity (Wildman–Crippen MR) is 73.4 cm³/mol. The van der Waals surface area contributed by atoms with Gasteiger partial charge < -0.3 is 5.32 Å². The number of amides is 1.